The quantitative estimate of drug-likeness (QED) is 0.762. The Hall–Kier alpha value is -0.630. The predicted molar refractivity (Wildman–Crippen MR) is 72.1 cm³/mol. The zero-order valence-electron chi connectivity index (χ0n) is 9.59. The van der Waals surface area contributed by atoms with Crippen molar-refractivity contribution in [2.75, 3.05) is 13.6 Å². The van der Waals surface area contributed by atoms with Gasteiger partial charge in [0.05, 0.1) is 19.0 Å². The molecule has 0 saturated heterocycles. The van der Waals surface area contributed by atoms with Crippen LogP contribution in [0.2, 0.25) is 0 Å². The van der Waals surface area contributed by atoms with Gasteiger partial charge < -0.3 is 4.42 Å². The molecular formula is C12H16NOPS. The van der Waals surface area contributed by atoms with E-state index in [0.717, 1.165) is 12.0 Å². The molecule has 0 aromatic carbocycles. The number of thiophene rings is 1. The van der Waals surface area contributed by atoms with Crippen molar-refractivity contribution >= 4 is 29.5 Å². The Morgan fingerprint density at radius 2 is 2.25 bits per heavy atom. The van der Waals surface area contributed by atoms with Crippen LogP contribution in [-0.4, -0.2) is 18.3 Å². The van der Waals surface area contributed by atoms with Crippen LogP contribution in [-0.2, 0) is 0 Å². The van der Waals surface area contributed by atoms with E-state index in [1.807, 2.05) is 17.4 Å². The van der Waals surface area contributed by atoms with Crippen molar-refractivity contribution in [3.63, 3.8) is 0 Å². The molecule has 1 unspecified atom stereocenters. The molecule has 2 rings (SSSR count). The van der Waals surface area contributed by atoms with Gasteiger partial charge in [0.1, 0.15) is 5.50 Å². The standard InChI is InChI=1S/C12H16NOPS/c1-3-8-13(2)15(11-6-4-9-14-11)12-7-5-10-16-12/h4-7,9-10H,3,8H2,1-2H3. The summed E-state index contributed by atoms with van der Waals surface area (Å²) in [5, 5.41) is 2.13. The maximum absolute atomic E-state index is 5.58. The highest BCUT2D eigenvalue weighted by atomic mass is 32.1. The van der Waals surface area contributed by atoms with Gasteiger partial charge in [0, 0.05) is 6.54 Å². The van der Waals surface area contributed by atoms with Crippen LogP contribution in [0.25, 0.3) is 0 Å². The summed E-state index contributed by atoms with van der Waals surface area (Å²) in [7, 11) is 1.72. The highest BCUT2D eigenvalue weighted by Crippen LogP contribution is 2.38. The van der Waals surface area contributed by atoms with Crippen molar-refractivity contribution in [1.29, 1.82) is 0 Å². The van der Waals surface area contributed by atoms with Crippen molar-refractivity contribution in [1.82, 2.24) is 4.67 Å². The Bertz CT molecular complexity index is 364. The fraction of sp³-hybridized carbons (Fsp3) is 0.333. The molecule has 0 spiro atoms. The van der Waals surface area contributed by atoms with Crippen LogP contribution in [0.1, 0.15) is 13.3 Å². The van der Waals surface area contributed by atoms with E-state index >= 15 is 0 Å². The van der Waals surface area contributed by atoms with Crippen molar-refractivity contribution in [2.24, 2.45) is 0 Å². The molecule has 0 saturated carbocycles. The Balaban J connectivity index is 2.27. The molecule has 86 valence electrons. The van der Waals surface area contributed by atoms with Gasteiger partial charge in [-0.25, -0.2) is 0 Å². The van der Waals surface area contributed by atoms with Crippen LogP contribution in [0.15, 0.2) is 40.3 Å². The van der Waals surface area contributed by atoms with Gasteiger partial charge in [-0.1, -0.05) is 13.0 Å². The molecule has 0 aliphatic carbocycles. The first-order valence-electron chi connectivity index (χ1n) is 5.41. The lowest BCUT2D eigenvalue weighted by Crippen LogP contribution is -2.24. The summed E-state index contributed by atoms with van der Waals surface area (Å²) in [6.45, 7) is 3.31. The second-order valence-corrected chi connectivity index (χ2v) is 7.07. The van der Waals surface area contributed by atoms with Gasteiger partial charge in [0.25, 0.3) is 0 Å². The van der Waals surface area contributed by atoms with Crippen LogP contribution in [0.4, 0.5) is 0 Å². The van der Waals surface area contributed by atoms with Gasteiger partial charge in [0.15, 0.2) is 0 Å². The topological polar surface area (TPSA) is 16.4 Å². The first-order chi connectivity index (χ1) is 7.83. The molecule has 2 heterocycles. The summed E-state index contributed by atoms with van der Waals surface area (Å²) in [6.07, 6.45) is 2.93. The molecule has 0 amide bonds. The highest BCUT2D eigenvalue weighted by Gasteiger charge is 2.22. The molecule has 2 aromatic heterocycles. The summed E-state index contributed by atoms with van der Waals surface area (Å²) in [4.78, 5) is 0. The molecule has 0 fully saturated rings. The minimum absolute atomic E-state index is 0.459. The second-order valence-electron chi connectivity index (χ2n) is 3.60. The first kappa shape index (κ1) is 11.8. The van der Waals surface area contributed by atoms with E-state index in [1.165, 1.54) is 11.0 Å². The maximum atomic E-state index is 5.58. The SMILES string of the molecule is CCCN(C)P(c1ccco1)c1cccs1. The summed E-state index contributed by atoms with van der Waals surface area (Å²) >= 11 is 1.81. The summed E-state index contributed by atoms with van der Waals surface area (Å²) in [5.74, 6) is 0. The summed E-state index contributed by atoms with van der Waals surface area (Å²) < 4.78 is 9.39. The lowest BCUT2D eigenvalue weighted by Gasteiger charge is -2.24. The molecule has 0 aliphatic rings. The minimum atomic E-state index is -0.459. The molecule has 0 aliphatic heterocycles. The van der Waals surface area contributed by atoms with E-state index in [-0.39, 0.29) is 0 Å². The predicted octanol–water partition coefficient (Wildman–Crippen LogP) is 3.03. The first-order valence-corrected chi connectivity index (χ1v) is 7.58. The van der Waals surface area contributed by atoms with E-state index in [2.05, 4.69) is 42.2 Å². The fourth-order valence-corrected chi connectivity index (χ4v) is 5.28. The Morgan fingerprint density at radius 3 is 2.81 bits per heavy atom. The third kappa shape index (κ3) is 2.54. The van der Waals surface area contributed by atoms with E-state index in [0.29, 0.717) is 0 Å². The molecule has 2 nitrogen and oxygen atoms in total. The average Bonchev–Trinajstić information content (AvgIpc) is 2.91. The van der Waals surface area contributed by atoms with E-state index in [1.54, 1.807) is 6.26 Å². The number of hydrogen-bond donors (Lipinski definition) is 0. The Morgan fingerprint density at radius 1 is 1.38 bits per heavy atom. The van der Waals surface area contributed by atoms with Gasteiger partial charge in [-0.15, -0.1) is 11.3 Å². The van der Waals surface area contributed by atoms with Gasteiger partial charge in [0.2, 0.25) is 0 Å². The van der Waals surface area contributed by atoms with Crippen LogP contribution in [0, 0.1) is 0 Å². The third-order valence-corrected chi connectivity index (χ3v) is 5.95. The van der Waals surface area contributed by atoms with Crippen LogP contribution in [0.3, 0.4) is 0 Å². The van der Waals surface area contributed by atoms with Crippen molar-refractivity contribution in [2.45, 2.75) is 13.3 Å². The number of hydrogen-bond acceptors (Lipinski definition) is 3. The molecule has 2 aromatic rings. The molecule has 0 N–H and O–H groups in total. The van der Waals surface area contributed by atoms with Gasteiger partial charge in [-0.05, 0) is 37.0 Å². The van der Waals surface area contributed by atoms with Gasteiger partial charge in [-0.3, -0.25) is 4.67 Å². The normalized spacial score (nSPS) is 13.2. The molecular weight excluding hydrogens is 237 g/mol. The lowest BCUT2D eigenvalue weighted by atomic mass is 10.5. The van der Waals surface area contributed by atoms with Crippen LogP contribution >= 0.6 is 19.4 Å². The molecule has 0 bridgehead atoms. The lowest BCUT2D eigenvalue weighted by molar-refractivity contribution is 0.538. The highest BCUT2D eigenvalue weighted by molar-refractivity contribution is 7.75. The second kappa shape index (κ2) is 5.62. The van der Waals surface area contributed by atoms with E-state index in [9.17, 15) is 0 Å². The van der Waals surface area contributed by atoms with E-state index < -0.39 is 8.07 Å². The van der Waals surface area contributed by atoms with E-state index in [4.69, 9.17) is 4.42 Å². The van der Waals surface area contributed by atoms with Gasteiger partial charge in [-0.2, -0.15) is 0 Å². The molecule has 0 radical (unpaired) electrons. The number of furan rings is 1. The molecule has 16 heavy (non-hydrogen) atoms. The smallest absolute Gasteiger partial charge is 0.145 e. The fourth-order valence-electron chi connectivity index (χ4n) is 1.65. The van der Waals surface area contributed by atoms with Crippen molar-refractivity contribution < 1.29 is 4.42 Å². The Kier molecular flexibility index (Phi) is 4.16. The van der Waals surface area contributed by atoms with Crippen molar-refractivity contribution in [3.05, 3.63) is 35.9 Å². The minimum Gasteiger partial charge on any atom is -0.463 e. The zero-order chi connectivity index (χ0) is 11.4. The maximum Gasteiger partial charge on any atom is 0.145 e. The van der Waals surface area contributed by atoms with Crippen LogP contribution < -0.4 is 10.1 Å². The average molecular weight is 253 g/mol. The molecule has 1 atom stereocenters. The zero-order valence-corrected chi connectivity index (χ0v) is 11.3. The van der Waals surface area contributed by atoms with Crippen LogP contribution in [0.5, 0.6) is 0 Å². The number of rotatable bonds is 5. The Labute approximate surface area is 102 Å². The largest absolute Gasteiger partial charge is 0.463 e. The van der Waals surface area contributed by atoms with Crippen molar-refractivity contribution in [3.8, 4) is 0 Å². The summed E-state index contributed by atoms with van der Waals surface area (Å²) in [6, 6.07) is 8.36. The third-order valence-electron chi connectivity index (χ3n) is 2.32. The monoisotopic (exact) mass is 253 g/mol. The van der Waals surface area contributed by atoms with Gasteiger partial charge >= 0.3 is 0 Å². The molecule has 4 heteroatoms. The summed E-state index contributed by atoms with van der Waals surface area (Å²) in [5.41, 5.74) is 1.09. The number of nitrogens with zero attached hydrogens (tertiary/aromatic N) is 1.